The lowest BCUT2D eigenvalue weighted by Gasteiger charge is -2.05. The molecule has 1 rings (SSSR count). The van der Waals surface area contributed by atoms with Gasteiger partial charge >= 0.3 is 0 Å². The van der Waals surface area contributed by atoms with E-state index in [1.54, 1.807) is 12.1 Å². The Balaban J connectivity index is 2.41. The number of thioether (sulfide) groups is 1. The van der Waals surface area contributed by atoms with Crippen LogP contribution in [0.5, 0.6) is 0 Å². The zero-order chi connectivity index (χ0) is 15.9. The number of carbonyl (C=O) groups excluding carboxylic acids is 2. The summed E-state index contributed by atoms with van der Waals surface area (Å²) in [6, 6.07) is 7.13. The Labute approximate surface area is 128 Å². The Morgan fingerprint density at radius 2 is 1.81 bits per heavy atom. The van der Waals surface area contributed by atoms with Crippen molar-refractivity contribution in [2.24, 2.45) is 5.73 Å². The molecule has 8 heteroatoms. The van der Waals surface area contributed by atoms with E-state index in [4.69, 9.17) is 5.73 Å². The van der Waals surface area contributed by atoms with E-state index in [-0.39, 0.29) is 23.8 Å². The molecule has 6 nitrogen and oxygen atoms in total. The number of carbonyl (C=O) groups is 2. The molecule has 0 aliphatic rings. The summed E-state index contributed by atoms with van der Waals surface area (Å²) in [4.78, 5) is 22.4. The van der Waals surface area contributed by atoms with Crippen molar-refractivity contribution in [2.45, 2.75) is 18.2 Å². The molecule has 0 radical (unpaired) electrons. The van der Waals surface area contributed by atoms with Crippen molar-refractivity contribution in [3.05, 3.63) is 24.3 Å². The zero-order valence-corrected chi connectivity index (χ0v) is 13.3. The summed E-state index contributed by atoms with van der Waals surface area (Å²) in [6.45, 7) is 1.43. The van der Waals surface area contributed by atoms with Crippen LogP contribution in [0.25, 0.3) is 0 Å². The van der Waals surface area contributed by atoms with Gasteiger partial charge in [0.25, 0.3) is 0 Å². The van der Waals surface area contributed by atoms with Gasteiger partial charge < -0.3 is 11.1 Å². The Hall–Kier alpha value is -1.54. The highest BCUT2D eigenvalue weighted by molar-refractivity contribution is 8.00. The summed E-state index contributed by atoms with van der Waals surface area (Å²) in [7, 11) is -3.25. The molecule has 0 aromatic heterocycles. The Kier molecular flexibility index (Phi) is 6.70. The number of hydrogen-bond donors (Lipinski definition) is 2. The van der Waals surface area contributed by atoms with Gasteiger partial charge in [-0.15, -0.1) is 11.8 Å². The molecule has 21 heavy (non-hydrogen) atoms. The molecule has 0 atom stereocenters. The van der Waals surface area contributed by atoms with Gasteiger partial charge in [-0.05, 0) is 24.3 Å². The average molecular weight is 330 g/mol. The maximum Gasteiger partial charge on any atom is 0.221 e. The summed E-state index contributed by atoms with van der Waals surface area (Å²) in [6.07, 6.45) is -0.140. The van der Waals surface area contributed by atoms with Crippen LogP contribution >= 0.6 is 11.8 Å². The topological polar surface area (TPSA) is 106 Å². The first-order chi connectivity index (χ1) is 9.78. The minimum absolute atomic E-state index is 0.00159. The maximum absolute atomic E-state index is 11.6. The van der Waals surface area contributed by atoms with Crippen LogP contribution in [0, 0.1) is 0 Å². The highest BCUT2D eigenvalue weighted by Gasteiger charge is 2.12. The lowest BCUT2D eigenvalue weighted by atomic mass is 10.3. The molecule has 0 aliphatic carbocycles. The lowest BCUT2D eigenvalue weighted by Crippen LogP contribution is -2.19. The summed E-state index contributed by atoms with van der Waals surface area (Å²) in [5.74, 6) is -0.556. The smallest absolute Gasteiger partial charge is 0.221 e. The molecule has 0 spiro atoms. The Bertz CT molecular complexity index is 597. The van der Waals surface area contributed by atoms with E-state index in [2.05, 4.69) is 5.32 Å². The number of primary amides is 1. The van der Waals surface area contributed by atoms with E-state index < -0.39 is 15.7 Å². The molecule has 116 valence electrons. The average Bonchev–Trinajstić information content (AvgIpc) is 2.38. The standard InChI is InChI=1S/C13H18N2O4S2/c1-10(16)15-11-2-4-12(5-3-11)20-7-9-21(18,19)8-6-13(14)17/h2-5H,6-9H2,1H3,(H2,14,17)(H,15,16). The van der Waals surface area contributed by atoms with Gasteiger partial charge in [-0.25, -0.2) is 8.42 Å². The van der Waals surface area contributed by atoms with Crippen molar-refractivity contribution in [1.29, 1.82) is 0 Å². The molecule has 0 heterocycles. The number of nitrogens with one attached hydrogen (secondary N) is 1. The monoisotopic (exact) mass is 330 g/mol. The van der Waals surface area contributed by atoms with Crippen LogP contribution in [0.15, 0.2) is 29.2 Å². The van der Waals surface area contributed by atoms with Crippen LogP contribution in [0.4, 0.5) is 5.69 Å². The quantitative estimate of drug-likeness (QED) is 0.692. The molecule has 0 bridgehead atoms. The fraction of sp³-hybridized carbons (Fsp3) is 0.385. The van der Waals surface area contributed by atoms with Gasteiger partial charge in [-0.3, -0.25) is 9.59 Å². The van der Waals surface area contributed by atoms with Crippen LogP contribution in [0.2, 0.25) is 0 Å². The van der Waals surface area contributed by atoms with E-state index in [0.717, 1.165) is 4.90 Å². The summed E-state index contributed by atoms with van der Waals surface area (Å²) >= 11 is 1.40. The van der Waals surface area contributed by atoms with Crippen molar-refractivity contribution in [3.63, 3.8) is 0 Å². The number of hydrogen-bond acceptors (Lipinski definition) is 5. The van der Waals surface area contributed by atoms with Crippen molar-refractivity contribution >= 4 is 39.1 Å². The number of benzene rings is 1. The van der Waals surface area contributed by atoms with E-state index >= 15 is 0 Å². The first kappa shape index (κ1) is 17.5. The first-order valence-electron chi connectivity index (χ1n) is 6.28. The van der Waals surface area contributed by atoms with Gasteiger partial charge in [-0.1, -0.05) is 0 Å². The fourth-order valence-electron chi connectivity index (χ4n) is 1.48. The van der Waals surface area contributed by atoms with Crippen LogP contribution in [0.3, 0.4) is 0 Å². The summed E-state index contributed by atoms with van der Waals surface area (Å²) in [5, 5.41) is 2.65. The number of sulfone groups is 1. The van der Waals surface area contributed by atoms with Crippen molar-refractivity contribution in [1.82, 2.24) is 0 Å². The van der Waals surface area contributed by atoms with Crippen LogP contribution in [0.1, 0.15) is 13.3 Å². The van der Waals surface area contributed by atoms with Gasteiger partial charge in [-0.2, -0.15) is 0 Å². The molecule has 1 aromatic carbocycles. The van der Waals surface area contributed by atoms with Crippen molar-refractivity contribution in [2.75, 3.05) is 22.6 Å². The number of rotatable bonds is 8. The molecule has 0 saturated carbocycles. The predicted molar refractivity (Wildman–Crippen MR) is 83.9 cm³/mol. The molecule has 2 amide bonds. The molecular weight excluding hydrogens is 312 g/mol. The number of anilines is 1. The lowest BCUT2D eigenvalue weighted by molar-refractivity contribution is -0.117. The maximum atomic E-state index is 11.6. The van der Waals surface area contributed by atoms with E-state index in [9.17, 15) is 18.0 Å². The van der Waals surface area contributed by atoms with Crippen LogP contribution in [-0.2, 0) is 19.4 Å². The SMILES string of the molecule is CC(=O)Nc1ccc(SCCS(=O)(=O)CCC(N)=O)cc1. The normalized spacial score (nSPS) is 11.1. The van der Waals surface area contributed by atoms with Crippen LogP contribution < -0.4 is 11.1 Å². The summed E-state index contributed by atoms with van der Waals surface area (Å²) < 4.78 is 23.3. The number of nitrogens with two attached hydrogens (primary N) is 1. The van der Waals surface area contributed by atoms with Crippen molar-refractivity contribution in [3.8, 4) is 0 Å². The zero-order valence-electron chi connectivity index (χ0n) is 11.7. The Morgan fingerprint density at radius 3 is 2.33 bits per heavy atom. The molecule has 1 aromatic rings. The molecule has 0 aliphatic heterocycles. The third-order valence-electron chi connectivity index (χ3n) is 2.50. The highest BCUT2D eigenvalue weighted by Crippen LogP contribution is 2.20. The predicted octanol–water partition coefficient (Wildman–Crippen LogP) is 1.03. The van der Waals surface area contributed by atoms with E-state index in [0.29, 0.717) is 11.4 Å². The minimum atomic E-state index is -3.25. The van der Waals surface area contributed by atoms with Crippen LogP contribution in [-0.4, -0.2) is 37.5 Å². The minimum Gasteiger partial charge on any atom is -0.370 e. The van der Waals surface area contributed by atoms with Gasteiger partial charge in [0, 0.05) is 29.7 Å². The van der Waals surface area contributed by atoms with Gasteiger partial charge in [0.05, 0.1) is 11.5 Å². The van der Waals surface area contributed by atoms with Crippen molar-refractivity contribution < 1.29 is 18.0 Å². The van der Waals surface area contributed by atoms with E-state index in [1.807, 2.05) is 12.1 Å². The fourth-order valence-corrected chi connectivity index (χ4v) is 4.11. The summed E-state index contributed by atoms with van der Waals surface area (Å²) in [5.41, 5.74) is 5.62. The second-order valence-corrected chi connectivity index (χ2v) is 7.89. The highest BCUT2D eigenvalue weighted by atomic mass is 32.2. The molecule has 0 saturated heterocycles. The second-order valence-electron chi connectivity index (χ2n) is 4.42. The van der Waals surface area contributed by atoms with E-state index in [1.165, 1.54) is 18.7 Å². The molecule has 0 unspecified atom stereocenters. The third-order valence-corrected chi connectivity index (χ3v) is 5.42. The third kappa shape index (κ3) is 7.72. The first-order valence-corrected chi connectivity index (χ1v) is 9.08. The molecule has 0 fully saturated rings. The molecule has 3 N–H and O–H groups in total. The van der Waals surface area contributed by atoms with Gasteiger partial charge in [0.15, 0.2) is 9.84 Å². The second kappa shape index (κ2) is 8.04. The largest absolute Gasteiger partial charge is 0.370 e. The Morgan fingerprint density at radius 1 is 1.19 bits per heavy atom. The number of amides is 2. The molecular formula is C13H18N2O4S2. The van der Waals surface area contributed by atoms with Gasteiger partial charge in [0.1, 0.15) is 0 Å². The van der Waals surface area contributed by atoms with Gasteiger partial charge in [0.2, 0.25) is 11.8 Å².